The van der Waals surface area contributed by atoms with Gasteiger partial charge in [0, 0.05) is 37.8 Å². The molecule has 1 fully saturated rings. The van der Waals surface area contributed by atoms with Gasteiger partial charge < -0.3 is 15.2 Å². The molecule has 2 aromatic rings. The molecule has 1 aliphatic rings. The predicted molar refractivity (Wildman–Crippen MR) is 85.0 cm³/mol. The van der Waals surface area contributed by atoms with Crippen LogP contribution in [0.3, 0.4) is 0 Å². The van der Waals surface area contributed by atoms with Gasteiger partial charge in [-0.25, -0.2) is 10.8 Å². The number of rotatable bonds is 3. The predicted octanol–water partition coefficient (Wildman–Crippen LogP) is 1.18. The van der Waals surface area contributed by atoms with Crippen molar-refractivity contribution in [1.82, 2.24) is 14.9 Å². The van der Waals surface area contributed by atoms with E-state index in [2.05, 4.69) is 27.3 Å². The molecule has 0 spiro atoms. The van der Waals surface area contributed by atoms with E-state index in [-0.39, 0.29) is 0 Å². The Bertz CT molecular complexity index is 592. The normalized spacial score (nSPS) is 16.0. The summed E-state index contributed by atoms with van der Waals surface area (Å²) in [5, 5.41) is 0. The number of hydrogen-bond acceptors (Lipinski definition) is 6. The number of benzene rings is 1. The third-order valence-electron chi connectivity index (χ3n) is 3.72. The van der Waals surface area contributed by atoms with Gasteiger partial charge in [0.2, 0.25) is 5.95 Å². The SMILES string of the molecule is CN1CCN(c2nc(NN)cc(-c3ccccc3)n2)CC1. The molecule has 110 valence electrons. The van der Waals surface area contributed by atoms with Crippen LogP contribution in [0.25, 0.3) is 11.3 Å². The number of aromatic nitrogens is 2. The number of hydrogen-bond donors (Lipinski definition) is 2. The van der Waals surface area contributed by atoms with Crippen LogP contribution in [0.15, 0.2) is 36.4 Å². The number of nitrogen functional groups attached to an aromatic ring is 1. The standard InChI is InChI=1S/C15H20N6/c1-20-7-9-21(10-8-20)15-17-13(11-14(18-15)19-16)12-5-3-2-4-6-12/h2-6,11H,7-10,16H2,1H3,(H,17,18,19). The molecule has 0 aliphatic carbocycles. The first-order valence-corrected chi connectivity index (χ1v) is 7.11. The molecule has 1 aromatic heterocycles. The van der Waals surface area contributed by atoms with E-state index in [1.807, 2.05) is 36.4 Å². The highest BCUT2D eigenvalue weighted by Crippen LogP contribution is 2.22. The smallest absolute Gasteiger partial charge is 0.228 e. The van der Waals surface area contributed by atoms with E-state index in [4.69, 9.17) is 10.8 Å². The highest BCUT2D eigenvalue weighted by Gasteiger charge is 2.18. The zero-order valence-electron chi connectivity index (χ0n) is 12.2. The monoisotopic (exact) mass is 284 g/mol. The van der Waals surface area contributed by atoms with Gasteiger partial charge in [-0.1, -0.05) is 30.3 Å². The summed E-state index contributed by atoms with van der Waals surface area (Å²) >= 11 is 0. The Hall–Kier alpha value is -2.18. The van der Waals surface area contributed by atoms with Crippen LogP contribution < -0.4 is 16.2 Å². The molecule has 0 amide bonds. The molecule has 1 saturated heterocycles. The van der Waals surface area contributed by atoms with Crippen molar-refractivity contribution in [3.8, 4) is 11.3 Å². The Morgan fingerprint density at radius 2 is 1.76 bits per heavy atom. The minimum absolute atomic E-state index is 0.637. The Kier molecular flexibility index (Phi) is 3.98. The zero-order chi connectivity index (χ0) is 14.7. The van der Waals surface area contributed by atoms with Crippen molar-refractivity contribution in [3.63, 3.8) is 0 Å². The van der Waals surface area contributed by atoms with E-state index >= 15 is 0 Å². The maximum Gasteiger partial charge on any atom is 0.228 e. The van der Waals surface area contributed by atoms with Crippen molar-refractivity contribution < 1.29 is 0 Å². The molecule has 0 atom stereocenters. The van der Waals surface area contributed by atoms with Crippen LogP contribution in [0.4, 0.5) is 11.8 Å². The number of likely N-dealkylation sites (N-methyl/N-ethyl adjacent to an activating group) is 1. The lowest BCUT2D eigenvalue weighted by Gasteiger charge is -2.32. The first-order chi connectivity index (χ1) is 10.3. The second kappa shape index (κ2) is 6.07. The number of nitrogens with two attached hydrogens (primary N) is 1. The second-order valence-corrected chi connectivity index (χ2v) is 5.24. The van der Waals surface area contributed by atoms with E-state index in [0.29, 0.717) is 5.82 Å². The molecule has 3 N–H and O–H groups in total. The summed E-state index contributed by atoms with van der Waals surface area (Å²) in [5.74, 6) is 6.92. The first kappa shape index (κ1) is 13.8. The molecule has 6 heteroatoms. The van der Waals surface area contributed by atoms with Crippen molar-refractivity contribution in [3.05, 3.63) is 36.4 Å². The fraction of sp³-hybridized carbons (Fsp3) is 0.333. The van der Waals surface area contributed by atoms with Crippen LogP contribution in [-0.2, 0) is 0 Å². The van der Waals surface area contributed by atoms with Crippen LogP contribution in [-0.4, -0.2) is 48.1 Å². The maximum atomic E-state index is 5.55. The van der Waals surface area contributed by atoms with Gasteiger partial charge in [-0.3, -0.25) is 0 Å². The molecule has 1 aromatic carbocycles. The lowest BCUT2D eigenvalue weighted by Crippen LogP contribution is -2.45. The van der Waals surface area contributed by atoms with Crippen LogP contribution in [0.5, 0.6) is 0 Å². The zero-order valence-corrected chi connectivity index (χ0v) is 12.2. The van der Waals surface area contributed by atoms with Crippen molar-refractivity contribution in [1.29, 1.82) is 0 Å². The average molecular weight is 284 g/mol. The number of nitrogens with one attached hydrogen (secondary N) is 1. The number of hydrazine groups is 1. The third kappa shape index (κ3) is 3.12. The highest BCUT2D eigenvalue weighted by molar-refractivity contribution is 5.64. The summed E-state index contributed by atoms with van der Waals surface area (Å²) in [5.41, 5.74) is 4.58. The van der Waals surface area contributed by atoms with Gasteiger partial charge in [0.05, 0.1) is 5.69 Å². The number of nitrogens with zero attached hydrogens (tertiary/aromatic N) is 4. The van der Waals surface area contributed by atoms with Gasteiger partial charge in [-0.2, -0.15) is 4.98 Å². The molecule has 1 aliphatic heterocycles. The topological polar surface area (TPSA) is 70.3 Å². The molecule has 0 saturated carbocycles. The van der Waals surface area contributed by atoms with Crippen LogP contribution in [0.1, 0.15) is 0 Å². The number of anilines is 2. The molecule has 0 radical (unpaired) electrons. The average Bonchev–Trinajstić information content (AvgIpc) is 2.56. The Morgan fingerprint density at radius 3 is 2.43 bits per heavy atom. The Morgan fingerprint density at radius 1 is 1.05 bits per heavy atom. The summed E-state index contributed by atoms with van der Waals surface area (Å²) in [4.78, 5) is 13.7. The van der Waals surface area contributed by atoms with Crippen LogP contribution >= 0.6 is 0 Å². The minimum Gasteiger partial charge on any atom is -0.338 e. The quantitative estimate of drug-likeness (QED) is 0.651. The van der Waals surface area contributed by atoms with Gasteiger partial charge in [-0.15, -0.1) is 0 Å². The van der Waals surface area contributed by atoms with Crippen molar-refractivity contribution in [2.24, 2.45) is 5.84 Å². The molecule has 3 rings (SSSR count). The Labute approximate surface area is 124 Å². The Balaban J connectivity index is 1.94. The first-order valence-electron chi connectivity index (χ1n) is 7.11. The summed E-state index contributed by atoms with van der Waals surface area (Å²) in [6.07, 6.45) is 0. The molecule has 0 bridgehead atoms. The fourth-order valence-corrected chi connectivity index (χ4v) is 2.41. The van der Waals surface area contributed by atoms with E-state index < -0.39 is 0 Å². The molecule has 0 unspecified atom stereocenters. The molecule has 6 nitrogen and oxygen atoms in total. The fourth-order valence-electron chi connectivity index (χ4n) is 2.41. The van der Waals surface area contributed by atoms with Crippen LogP contribution in [0, 0.1) is 0 Å². The lowest BCUT2D eigenvalue weighted by molar-refractivity contribution is 0.311. The van der Waals surface area contributed by atoms with Crippen molar-refractivity contribution in [2.75, 3.05) is 43.6 Å². The summed E-state index contributed by atoms with van der Waals surface area (Å²) in [6.45, 7) is 3.89. The van der Waals surface area contributed by atoms with Gasteiger partial charge in [-0.05, 0) is 7.05 Å². The number of piperazine rings is 1. The van der Waals surface area contributed by atoms with Gasteiger partial charge in [0.1, 0.15) is 5.82 Å². The van der Waals surface area contributed by atoms with Gasteiger partial charge in [0.25, 0.3) is 0 Å². The van der Waals surface area contributed by atoms with Gasteiger partial charge >= 0.3 is 0 Å². The summed E-state index contributed by atoms with van der Waals surface area (Å²) < 4.78 is 0. The van der Waals surface area contributed by atoms with Crippen molar-refractivity contribution in [2.45, 2.75) is 0 Å². The molecular weight excluding hydrogens is 264 g/mol. The lowest BCUT2D eigenvalue weighted by atomic mass is 10.1. The van der Waals surface area contributed by atoms with E-state index in [0.717, 1.165) is 43.4 Å². The molecule has 2 heterocycles. The largest absolute Gasteiger partial charge is 0.338 e. The summed E-state index contributed by atoms with van der Waals surface area (Å²) in [6, 6.07) is 11.9. The van der Waals surface area contributed by atoms with E-state index in [1.54, 1.807) is 0 Å². The van der Waals surface area contributed by atoms with Crippen LogP contribution in [0.2, 0.25) is 0 Å². The van der Waals surface area contributed by atoms with Gasteiger partial charge in [0.15, 0.2) is 0 Å². The maximum absolute atomic E-state index is 5.55. The highest BCUT2D eigenvalue weighted by atomic mass is 15.3. The molecule has 21 heavy (non-hydrogen) atoms. The van der Waals surface area contributed by atoms with E-state index in [1.165, 1.54) is 0 Å². The third-order valence-corrected chi connectivity index (χ3v) is 3.72. The minimum atomic E-state index is 0.637. The molecular formula is C15H20N6. The van der Waals surface area contributed by atoms with E-state index in [9.17, 15) is 0 Å². The van der Waals surface area contributed by atoms with Crippen molar-refractivity contribution >= 4 is 11.8 Å². The summed E-state index contributed by atoms with van der Waals surface area (Å²) in [7, 11) is 2.13. The second-order valence-electron chi connectivity index (χ2n) is 5.24.